The maximum atomic E-state index is 12.0. The Labute approximate surface area is 147 Å². The van der Waals surface area contributed by atoms with E-state index >= 15 is 0 Å². The lowest BCUT2D eigenvalue weighted by atomic mass is 10.2. The summed E-state index contributed by atoms with van der Waals surface area (Å²) in [6.07, 6.45) is 3.63. The molecule has 3 rings (SSSR count). The van der Waals surface area contributed by atoms with Gasteiger partial charge in [0.05, 0.1) is 25.8 Å². The summed E-state index contributed by atoms with van der Waals surface area (Å²) in [6.45, 7) is 5.86. The van der Waals surface area contributed by atoms with Crippen molar-refractivity contribution >= 4 is 5.91 Å². The normalized spacial score (nSPS) is 17.1. The van der Waals surface area contributed by atoms with Gasteiger partial charge in [-0.1, -0.05) is 12.1 Å². The van der Waals surface area contributed by atoms with Crippen molar-refractivity contribution in [1.29, 1.82) is 0 Å². The van der Waals surface area contributed by atoms with Gasteiger partial charge in [0.1, 0.15) is 12.7 Å². The van der Waals surface area contributed by atoms with E-state index in [-0.39, 0.29) is 24.6 Å². The molecule has 7 nitrogen and oxygen atoms in total. The fourth-order valence-corrected chi connectivity index (χ4v) is 2.63. The van der Waals surface area contributed by atoms with Gasteiger partial charge in [-0.2, -0.15) is 5.10 Å². The fourth-order valence-electron chi connectivity index (χ4n) is 2.63. The van der Waals surface area contributed by atoms with Gasteiger partial charge in [-0.3, -0.25) is 9.48 Å². The summed E-state index contributed by atoms with van der Waals surface area (Å²) < 4.78 is 13.3. The summed E-state index contributed by atoms with van der Waals surface area (Å²) in [5.41, 5.74) is 1.13. The van der Waals surface area contributed by atoms with Crippen LogP contribution in [0.15, 0.2) is 36.7 Å². The van der Waals surface area contributed by atoms with Crippen LogP contribution in [0.3, 0.4) is 0 Å². The highest BCUT2D eigenvalue weighted by Gasteiger charge is 2.21. The Kier molecular flexibility index (Phi) is 5.55. The topological polar surface area (TPSA) is 77.4 Å². The Balaban J connectivity index is 1.36. The van der Waals surface area contributed by atoms with E-state index in [4.69, 9.17) is 9.47 Å². The van der Waals surface area contributed by atoms with E-state index in [1.807, 2.05) is 55.2 Å². The summed E-state index contributed by atoms with van der Waals surface area (Å²) >= 11 is 0. The third-order valence-corrected chi connectivity index (χ3v) is 3.93. The number of aryl methyl sites for hydroxylation is 1. The summed E-state index contributed by atoms with van der Waals surface area (Å²) in [7, 11) is 0. The zero-order valence-electron chi connectivity index (χ0n) is 14.6. The van der Waals surface area contributed by atoms with Gasteiger partial charge in [0.15, 0.2) is 11.5 Å². The van der Waals surface area contributed by atoms with Crippen molar-refractivity contribution in [3.63, 3.8) is 0 Å². The van der Waals surface area contributed by atoms with Gasteiger partial charge in [0, 0.05) is 12.2 Å². The number of carbonyl (C=O) groups excluding carboxylic acids is 1. The smallest absolute Gasteiger partial charge is 0.234 e. The van der Waals surface area contributed by atoms with Gasteiger partial charge in [-0.25, -0.2) is 0 Å². The van der Waals surface area contributed by atoms with Crippen molar-refractivity contribution in [2.24, 2.45) is 0 Å². The van der Waals surface area contributed by atoms with Crippen molar-refractivity contribution in [3.05, 3.63) is 42.2 Å². The molecule has 0 unspecified atom stereocenters. The monoisotopic (exact) mass is 344 g/mol. The standard InChI is InChI=1S/C18H24N4O3/c1-13-7-21-22(10-13)11-14(2)19-9-18(23)20-8-15-12-24-16-5-3-4-6-17(16)25-15/h3-7,10,14-15,19H,8-9,11-12H2,1-2H3,(H,20,23)/t14-,15-/m0/s1. The molecule has 0 spiro atoms. The lowest BCUT2D eigenvalue weighted by molar-refractivity contribution is -0.120. The van der Waals surface area contributed by atoms with Crippen LogP contribution in [0.4, 0.5) is 0 Å². The van der Waals surface area contributed by atoms with Crippen LogP contribution >= 0.6 is 0 Å². The quantitative estimate of drug-likeness (QED) is 0.787. The van der Waals surface area contributed by atoms with Gasteiger partial charge >= 0.3 is 0 Å². The molecule has 0 radical (unpaired) electrons. The number of hydrogen-bond donors (Lipinski definition) is 2. The molecule has 1 aliphatic rings. The van der Waals surface area contributed by atoms with Crippen LogP contribution in [-0.4, -0.2) is 47.5 Å². The second kappa shape index (κ2) is 8.02. The molecule has 0 bridgehead atoms. The van der Waals surface area contributed by atoms with E-state index in [1.165, 1.54) is 0 Å². The summed E-state index contributed by atoms with van der Waals surface area (Å²) in [5, 5.41) is 10.3. The molecule has 0 saturated carbocycles. The lowest BCUT2D eigenvalue weighted by Gasteiger charge is -2.26. The van der Waals surface area contributed by atoms with Crippen LogP contribution in [0.5, 0.6) is 11.5 Å². The molecule has 2 aromatic rings. The SMILES string of the molecule is Cc1cnn(C[C@H](C)NCC(=O)NC[C@H]2COc3ccccc3O2)c1. The molecule has 0 aliphatic carbocycles. The fraction of sp³-hybridized carbons (Fsp3) is 0.444. The highest BCUT2D eigenvalue weighted by atomic mass is 16.6. The number of rotatable bonds is 7. The molecule has 1 aliphatic heterocycles. The minimum atomic E-state index is -0.177. The second-order valence-corrected chi connectivity index (χ2v) is 6.32. The number of ether oxygens (including phenoxy) is 2. The molecule has 2 N–H and O–H groups in total. The van der Waals surface area contributed by atoms with Gasteiger partial charge < -0.3 is 20.1 Å². The Morgan fingerprint density at radius 1 is 1.40 bits per heavy atom. The van der Waals surface area contributed by atoms with Crippen molar-refractivity contribution in [3.8, 4) is 11.5 Å². The molecule has 1 amide bonds. The van der Waals surface area contributed by atoms with Crippen LogP contribution in [0.25, 0.3) is 0 Å². The number of carbonyl (C=O) groups is 1. The summed E-state index contributed by atoms with van der Waals surface area (Å²) in [6, 6.07) is 7.68. The minimum absolute atomic E-state index is 0.0639. The first kappa shape index (κ1) is 17.3. The van der Waals surface area contributed by atoms with Crippen LogP contribution in [0.1, 0.15) is 12.5 Å². The molecule has 134 valence electrons. The van der Waals surface area contributed by atoms with E-state index < -0.39 is 0 Å². The molecule has 0 fully saturated rings. The molecule has 7 heteroatoms. The molecule has 1 aromatic heterocycles. The number of fused-ring (bicyclic) bond motifs is 1. The zero-order chi connectivity index (χ0) is 17.6. The number of hydrogen-bond acceptors (Lipinski definition) is 5. The maximum Gasteiger partial charge on any atom is 0.234 e. The third kappa shape index (κ3) is 4.96. The lowest BCUT2D eigenvalue weighted by Crippen LogP contribution is -2.45. The van der Waals surface area contributed by atoms with E-state index in [1.54, 1.807) is 0 Å². The van der Waals surface area contributed by atoms with Crippen molar-refractivity contribution in [2.75, 3.05) is 19.7 Å². The first-order valence-corrected chi connectivity index (χ1v) is 8.48. The Morgan fingerprint density at radius 3 is 2.96 bits per heavy atom. The molecular formula is C18H24N4O3. The van der Waals surface area contributed by atoms with Crippen molar-refractivity contribution in [2.45, 2.75) is 32.5 Å². The van der Waals surface area contributed by atoms with E-state index in [0.717, 1.165) is 17.9 Å². The molecule has 2 heterocycles. The van der Waals surface area contributed by atoms with Gasteiger partial charge in [0.25, 0.3) is 0 Å². The van der Waals surface area contributed by atoms with Crippen LogP contribution in [-0.2, 0) is 11.3 Å². The maximum absolute atomic E-state index is 12.0. The zero-order valence-corrected chi connectivity index (χ0v) is 14.6. The predicted octanol–water partition coefficient (Wildman–Crippen LogP) is 1.13. The number of amides is 1. The number of nitrogens with one attached hydrogen (secondary N) is 2. The van der Waals surface area contributed by atoms with Crippen molar-refractivity contribution < 1.29 is 14.3 Å². The van der Waals surface area contributed by atoms with Gasteiger partial charge in [-0.05, 0) is 31.5 Å². The second-order valence-electron chi connectivity index (χ2n) is 6.32. The van der Waals surface area contributed by atoms with Gasteiger partial charge in [0.2, 0.25) is 5.91 Å². The first-order chi connectivity index (χ1) is 12.1. The third-order valence-electron chi connectivity index (χ3n) is 3.93. The predicted molar refractivity (Wildman–Crippen MR) is 93.8 cm³/mol. The molecular weight excluding hydrogens is 320 g/mol. The van der Waals surface area contributed by atoms with E-state index in [2.05, 4.69) is 15.7 Å². The number of para-hydroxylation sites is 2. The van der Waals surface area contributed by atoms with Crippen LogP contribution in [0.2, 0.25) is 0 Å². The first-order valence-electron chi connectivity index (χ1n) is 8.48. The average molecular weight is 344 g/mol. The van der Waals surface area contributed by atoms with E-state index in [0.29, 0.717) is 18.9 Å². The molecule has 0 saturated heterocycles. The Morgan fingerprint density at radius 2 is 2.20 bits per heavy atom. The Hall–Kier alpha value is -2.54. The summed E-state index contributed by atoms with van der Waals surface area (Å²) in [4.78, 5) is 12.0. The highest BCUT2D eigenvalue weighted by Crippen LogP contribution is 2.30. The van der Waals surface area contributed by atoms with Gasteiger partial charge in [-0.15, -0.1) is 0 Å². The number of benzene rings is 1. The minimum Gasteiger partial charge on any atom is -0.486 e. The Bertz CT molecular complexity index is 716. The number of nitrogens with zero attached hydrogens (tertiary/aromatic N) is 2. The van der Waals surface area contributed by atoms with Crippen LogP contribution < -0.4 is 20.1 Å². The molecule has 25 heavy (non-hydrogen) atoms. The highest BCUT2D eigenvalue weighted by molar-refractivity contribution is 5.78. The number of aromatic nitrogens is 2. The van der Waals surface area contributed by atoms with Crippen LogP contribution in [0, 0.1) is 6.92 Å². The van der Waals surface area contributed by atoms with E-state index in [9.17, 15) is 4.79 Å². The summed E-state index contributed by atoms with van der Waals surface area (Å²) in [5.74, 6) is 1.40. The average Bonchev–Trinajstić information content (AvgIpc) is 3.02. The molecule has 2 atom stereocenters. The van der Waals surface area contributed by atoms with Crippen molar-refractivity contribution in [1.82, 2.24) is 20.4 Å². The molecule has 1 aromatic carbocycles. The largest absolute Gasteiger partial charge is 0.486 e.